The molecule has 1 atom stereocenters. The summed E-state index contributed by atoms with van der Waals surface area (Å²) in [5.74, 6) is 0.768. The Balaban J connectivity index is 1.64. The molecular weight excluding hydrogens is 428 g/mol. The second-order valence-electron chi connectivity index (χ2n) is 7.24. The molecule has 0 saturated heterocycles. The van der Waals surface area contributed by atoms with E-state index in [9.17, 15) is 19.8 Å². The minimum absolute atomic E-state index is 0.0338. The van der Waals surface area contributed by atoms with Crippen molar-refractivity contribution in [2.24, 2.45) is 12.1 Å². The van der Waals surface area contributed by atoms with E-state index in [1.165, 1.54) is 28.5 Å². The molecule has 2 aromatic carbocycles. The molecule has 0 amide bonds. The first-order valence-corrected chi connectivity index (χ1v) is 10.1. The van der Waals surface area contributed by atoms with Crippen LogP contribution in [0.2, 0.25) is 0 Å². The molecule has 0 aliphatic carbocycles. The summed E-state index contributed by atoms with van der Waals surface area (Å²) in [6, 6.07) is 15.6. The zero-order valence-corrected chi connectivity index (χ0v) is 17.7. The van der Waals surface area contributed by atoms with Gasteiger partial charge in [0.25, 0.3) is 5.56 Å². The number of ether oxygens (including phenoxy) is 1. The van der Waals surface area contributed by atoms with Crippen LogP contribution in [0.3, 0.4) is 0 Å². The molecule has 0 bridgehead atoms. The third kappa shape index (κ3) is 4.77. The lowest BCUT2D eigenvalue weighted by Crippen LogP contribution is -2.30. The molecule has 2 aromatic heterocycles. The molecule has 0 spiro atoms. The number of H-pyrrole nitrogens is 1. The summed E-state index contributed by atoms with van der Waals surface area (Å²) in [6.45, 7) is -0.0903. The van der Waals surface area contributed by atoms with Gasteiger partial charge >= 0.3 is 5.69 Å². The Kier molecular flexibility index (Phi) is 6.22. The summed E-state index contributed by atoms with van der Waals surface area (Å²) in [6.07, 6.45) is 0.388. The Labute approximate surface area is 187 Å². The molecular formula is C22H22N6O5. The van der Waals surface area contributed by atoms with Crippen LogP contribution in [0.25, 0.3) is 11.2 Å². The number of aromatic amines is 1. The maximum Gasteiger partial charge on any atom is 0.329 e. The largest absolute Gasteiger partial charge is 0.507 e. The van der Waals surface area contributed by atoms with Crippen LogP contribution in [0.1, 0.15) is 5.56 Å². The standard InChI is InChI=1S/C22H22N6O5/c1-27-19-18(20(31)25-22(27)32)28(12-15(29)13-33-16-8-3-2-4-9-16)21(24-19)26-23-11-14-7-5-6-10-17(14)30/h2-11,15,29-30H,12-13H2,1H3,(H,24,26)(H,25,31,32)/b23-11+/t15-/m1/s1. The molecule has 33 heavy (non-hydrogen) atoms. The molecule has 0 unspecified atom stereocenters. The van der Waals surface area contributed by atoms with Gasteiger partial charge in [-0.3, -0.25) is 14.3 Å². The number of aryl methyl sites for hydroxylation is 1. The van der Waals surface area contributed by atoms with Crippen molar-refractivity contribution in [1.29, 1.82) is 0 Å². The number of nitrogens with one attached hydrogen (secondary N) is 2. The van der Waals surface area contributed by atoms with Crippen LogP contribution < -0.4 is 21.4 Å². The SMILES string of the molecule is Cn1c(=O)[nH]c(=O)c2c1nc(N/N=C/c1ccccc1O)n2C[C@@H](O)COc1ccccc1. The van der Waals surface area contributed by atoms with Crippen LogP contribution in [0.4, 0.5) is 5.95 Å². The summed E-state index contributed by atoms with van der Waals surface area (Å²) < 4.78 is 8.21. The Morgan fingerprint density at radius 3 is 2.67 bits per heavy atom. The fraction of sp³-hybridized carbons (Fsp3) is 0.182. The van der Waals surface area contributed by atoms with E-state index in [1.54, 1.807) is 30.3 Å². The predicted molar refractivity (Wildman–Crippen MR) is 123 cm³/mol. The summed E-state index contributed by atoms with van der Waals surface area (Å²) >= 11 is 0. The monoisotopic (exact) mass is 450 g/mol. The fourth-order valence-electron chi connectivity index (χ4n) is 3.23. The van der Waals surface area contributed by atoms with Crippen molar-refractivity contribution in [1.82, 2.24) is 19.1 Å². The van der Waals surface area contributed by atoms with E-state index >= 15 is 0 Å². The Hall–Kier alpha value is -4.38. The molecule has 4 N–H and O–H groups in total. The molecule has 2 heterocycles. The van der Waals surface area contributed by atoms with E-state index in [0.29, 0.717) is 11.3 Å². The summed E-state index contributed by atoms with van der Waals surface area (Å²) in [7, 11) is 1.47. The van der Waals surface area contributed by atoms with Gasteiger partial charge in [-0.1, -0.05) is 30.3 Å². The lowest BCUT2D eigenvalue weighted by Gasteiger charge is -2.15. The number of fused-ring (bicyclic) bond motifs is 1. The molecule has 0 radical (unpaired) electrons. The highest BCUT2D eigenvalue weighted by Crippen LogP contribution is 2.18. The van der Waals surface area contributed by atoms with Crippen molar-refractivity contribution in [3.8, 4) is 11.5 Å². The Bertz CT molecular complexity index is 1410. The van der Waals surface area contributed by atoms with E-state index in [2.05, 4.69) is 20.5 Å². The number of aliphatic hydroxyl groups excluding tert-OH is 1. The first kappa shape index (κ1) is 21.8. The van der Waals surface area contributed by atoms with E-state index in [0.717, 1.165) is 0 Å². The average Bonchev–Trinajstić information content (AvgIpc) is 3.17. The number of imidazole rings is 1. The van der Waals surface area contributed by atoms with Crippen molar-refractivity contribution >= 4 is 23.3 Å². The molecule has 0 aliphatic rings. The van der Waals surface area contributed by atoms with Crippen molar-refractivity contribution in [3.63, 3.8) is 0 Å². The van der Waals surface area contributed by atoms with Crippen LogP contribution in [-0.4, -0.2) is 48.2 Å². The smallest absolute Gasteiger partial charge is 0.329 e. The number of aliphatic hydroxyl groups is 1. The van der Waals surface area contributed by atoms with Crippen LogP contribution in [-0.2, 0) is 13.6 Å². The van der Waals surface area contributed by atoms with Gasteiger partial charge in [0.1, 0.15) is 24.2 Å². The number of nitrogens with zero attached hydrogens (tertiary/aromatic N) is 4. The average molecular weight is 450 g/mol. The number of phenols is 1. The van der Waals surface area contributed by atoms with Gasteiger partial charge < -0.3 is 19.5 Å². The van der Waals surface area contributed by atoms with E-state index in [4.69, 9.17) is 4.74 Å². The van der Waals surface area contributed by atoms with Crippen molar-refractivity contribution < 1.29 is 14.9 Å². The second-order valence-corrected chi connectivity index (χ2v) is 7.24. The highest BCUT2D eigenvalue weighted by Gasteiger charge is 2.20. The van der Waals surface area contributed by atoms with Crippen LogP contribution >= 0.6 is 0 Å². The number of aromatic hydroxyl groups is 1. The number of anilines is 1. The molecule has 4 aromatic rings. The van der Waals surface area contributed by atoms with Gasteiger partial charge in [0.15, 0.2) is 11.2 Å². The van der Waals surface area contributed by atoms with Crippen molar-refractivity contribution in [2.75, 3.05) is 12.0 Å². The predicted octanol–water partition coefficient (Wildman–Crippen LogP) is 1.01. The van der Waals surface area contributed by atoms with E-state index < -0.39 is 17.4 Å². The van der Waals surface area contributed by atoms with Gasteiger partial charge in [-0.25, -0.2) is 10.2 Å². The number of aromatic nitrogens is 4. The van der Waals surface area contributed by atoms with Gasteiger partial charge in [-0.2, -0.15) is 10.1 Å². The Morgan fingerprint density at radius 2 is 1.91 bits per heavy atom. The first-order chi connectivity index (χ1) is 15.9. The van der Waals surface area contributed by atoms with E-state index in [1.807, 2.05) is 18.2 Å². The topological polar surface area (TPSA) is 147 Å². The number of hydrogen-bond acceptors (Lipinski definition) is 8. The summed E-state index contributed by atoms with van der Waals surface area (Å²) in [4.78, 5) is 31.1. The first-order valence-electron chi connectivity index (χ1n) is 10.1. The van der Waals surface area contributed by atoms with Gasteiger partial charge in [-0.05, 0) is 24.3 Å². The normalized spacial score (nSPS) is 12.3. The van der Waals surface area contributed by atoms with Gasteiger partial charge in [-0.15, -0.1) is 0 Å². The third-order valence-corrected chi connectivity index (χ3v) is 4.89. The zero-order valence-electron chi connectivity index (χ0n) is 17.7. The van der Waals surface area contributed by atoms with E-state index in [-0.39, 0.29) is 36.0 Å². The van der Waals surface area contributed by atoms with Crippen LogP contribution in [0.5, 0.6) is 11.5 Å². The number of phenolic OH excluding ortho intramolecular Hbond substituents is 1. The van der Waals surface area contributed by atoms with Crippen molar-refractivity contribution in [3.05, 3.63) is 81.0 Å². The van der Waals surface area contributed by atoms with Gasteiger partial charge in [0.2, 0.25) is 5.95 Å². The maximum atomic E-state index is 12.5. The number of benzene rings is 2. The van der Waals surface area contributed by atoms with Gasteiger partial charge in [0, 0.05) is 12.6 Å². The minimum atomic E-state index is -0.998. The molecule has 11 nitrogen and oxygen atoms in total. The molecule has 170 valence electrons. The lowest BCUT2D eigenvalue weighted by molar-refractivity contribution is 0.0938. The molecule has 0 fully saturated rings. The lowest BCUT2D eigenvalue weighted by atomic mass is 10.2. The minimum Gasteiger partial charge on any atom is -0.507 e. The molecule has 0 aliphatic heterocycles. The molecule has 4 rings (SSSR count). The van der Waals surface area contributed by atoms with Crippen molar-refractivity contribution in [2.45, 2.75) is 12.6 Å². The van der Waals surface area contributed by atoms with Gasteiger partial charge in [0.05, 0.1) is 12.8 Å². The number of hydrazone groups is 1. The highest BCUT2D eigenvalue weighted by atomic mass is 16.5. The fourth-order valence-corrected chi connectivity index (χ4v) is 3.23. The Morgan fingerprint density at radius 1 is 1.18 bits per heavy atom. The number of rotatable bonds is 8. The van der Waals surface area contributed by atoms with Crippen LogP contribution in [0.15, 0.2) is 69.3 Å². The number of para-hydroxylation sites is 2. The maximum absolute atomic E-state index is 12.5. The van der Waals surface area contributed by atoms with Crippen LogP contribution in [0, 0.1) is 0 Å². The quantitative estimate of drug-likeness (QED) is 0.231. The summed E-state index contributed by atoms with van der Waals surface area (Å²) in [5, 5.41) is 24.5. The third-order valence-electron chi connectivity index (χ3n) is 4.89. The molecule has 0 saturated carbocycles. The summed E-state index contributed by atoms with van der Waals surface area (Å²) in [5.41, 5.74) is 2.15. The number of hydrogen-bond donors (Lipinski definition) is 4. The molecule has 11 heteroatoms. The zero-order chi connectivity index (χ0) is 23.4. The second kappa shape index (κ2) is 9.40. The highest BCUT2D eigenvalue weighted by molar-refractivity contribution is 5.83.